The van der Waals surface area contributed by atoms with Crippen molar-refractivity contribution in [2.75, 3.05) is 0 Å². The zero-order valence-corrected chi connectivity index (χ0v) is 15.7. The highest BCUT2D eigenvalue weighted by molar-refractivity contribution is 5.15. The Balaban J connectivity index is 3.79. The first-order chi connectivity index (χ1) is 15.1. The lowest BCUT2D eigenvalue weighted by Crippen LogP contribution is -2.67. The van der Waals surface area contributed by atoms with Gasteiger partial charge in [0.25, 0.3) is 0 Å². The van der Waals surface area contributed by atoms with Gasteiger partial charge >= 0.3 is 54.1 Å². The number of alkyl halides is 17. The lowest BCUT2D eigenvalue weighted by atomic mass is 10.1. The molecule has 0 aromatic carbocycles. The third-order valence-corrected chi connectivity index (χ3v) is 3.57. The maximum atomic E-state index is 14.5. The maximum absolute atomic E-state index is 14.5. The van der Waals surface area contributed by atoms with Crippen molar-refractivity contribution in [1.82, 2.24) is 9.97 Å². The molecule has 0 fully saturated rings. The van der Waals surface area contributed by atoms with Crippen molar-refractivity contribution in [3.05, 3.63) is 27.9 Å². The molecule has 1 rings (SSSR count). The highest BCUT2D eigenvalue weighted by Gasteiger charge is 2.85. The van der Waals surface area contributed by atoms with E-state index in [-0.39, 0.29) is 6.07 Å². The second-order valence-electron chi connectivity index (χ2n) is 6.25. The van der Waals surface area contributed by atoms with Crippen LogP contribution in [-0.4, -0.2) is 52.5 Å². The molecule has 0 aliphatic carbocycles. The van der Waals surface area contributed by atoms with Gasteiger partial charge < -0.3 is 4.98 Å². The van der Waals surface area contributed by atoms with E-state index >= 15 is 0 Å². The van der Waals surface area contributed by atoms with E-state index in [2.05, 4.69) is 9.72 Å². The Kier molecular flexibility index (Phi) is 7.30. The van der Waals surface area contributed by atoms with Crippen molar-refractivity contribution in [3.63, 3.8) is 0 Å². The number of hydrogen-bond donors (Lipinski definition) is 1. The van der Waals surface area contributed by atoms with Crippen LogP contribution in [0.2, 0.25) is 0 Å². The molecule has 0 saturated heterocycles. The summed E-state index contributed by atoms with van der Waals surface area (Å²) >= 11 is 0. The summed E-state index contributed by atoms with van der Waals surface area (Å²) in [5.74, 6) is -22.4. The van der Waals surface area contributed by atoms with Crippen LogP contribution in [0.5, 0.6) is 0 Å². The third-order valence-electron chi connectivity index (χ3n) is 3.57. The number of H-pyrrole nitrogens is 1. The van der Waals surface area contributed by atoms with Crippen molar-refractivity contribution in [1.29, 1.82) is 0 Å². The molecule has 1 aromatic heterocycles. The quantitative estimate of drug-likeness (QED) is 0.454. The molecule has 0 spiro atoms. The van der Waals surface area contributed by atoms with Gasteiger partial charge in [-0.1, -0.05) is 0 Å². The topological polar surface area (TPSA) is 64.2 Å². The Morgan fingerprint density at radius 3 is 1.49 bits per heavy atom. The number of aromatic amines is 1. The molecule has 0 aliphatic heterocycles. The number of rotatable bonds is 7. The highest BCUT2D eigenvalue weighted by atomic mass is 19.4. The Bertz CT molecular complexity index is 981. The van der Waals surface area contributed by atoms with Crippen molar-refractivity contribution in [3.8, 4) is 0 Å². The summed E-state index contributed by atoms with van der Waals surface area (Å²) in [6.45, 7) is 0.611. The van der Waals surface area contributed by atoms with Crippen LogP contribution >= 0.6 is 0 Å². The number of nitrogens with one attached hydrogen (secondary N) is 1. The average Bonchev–Trinajstić information content (AvgIpc) is 2.56. The molecule has 2 atom stereocenters. The normalized spacial score (nSPS) is 18.2. The van der Waals surface area contributed by atoms with Crippen LogP contribution in [0.25, 0.3) is 0 Å². The summed E-state index contributed by atoms with van der Waals surface area (Å²) in [7, 11) is 0. The number of aryl methyl sites for hydroxylation is 1. The molecule has 0 radical (unpaired) electrons. The minimum absolute atomic E-state index is 0.328. The summed E-state index contributed by atoms with van der Waals surface area (Å²) in [4.78, 5) is 14.7. The number of hydrogen-bond acceptors (Lipinski definition) is 4. The lowest BCUT2D eigenvalue weighted by Gasteiger charge is -2.40. The second kappa shape index (κ2) is 8.34. The van der Waals surface area contributed by atoms with Gasteiger partial charge in [-0.15, -0.1) is 0 Å². The molecular weight excluding hydrogens is 555 g/mol. The first-order valence-electron chi connectivity index (χ1n) is 7.76. The van der Waals surface area contributed by atoms with E-state index in [4.69, 9.17) is 0 Å². The van der Waals surface area contributed by atoms with Crippen LogP contribution in [0.15, 0.2) is 10.9 Å². The summed E-state index contributed by atoms with van der Waals surface area (Å²) in [5.41, 5.74) is -5.58. The Hall–Kier alpha value is -2.39. The number of nitrogens with zero attached hydrogens (tertiary/aromatic N) is 1. The SMILES string of the molecule is Cc1cc(C(F)(OC(F)(F)C(F)(OC(F)(F)C(F)(F)C(F)(F)F)C(F)(F)F)C(F)(F)F)nc(=O)[nH]1. The summed E-state index contributed by atoms with van der Waals surface area (Å²) in [5, 5.41) is 0. The van der Waals surface area contributed by atoms with Gasteiger partial charge in [0, 0.05) is 5.69 Å². The molecule has 0 saturated carbocycles. The van der Waals surface area contributed by atoms with Crippen LogP contribution in [0.1, 0.15) is 11.4 Å². The van der Waals surface area contributed by atoms with Gasteiger partial charge in [-0.05, 0) is 13.0 Å². The molecule has 22 heteroatoms. The van der Waals surface area contributed by atoms with E-state index in [0.29, 0.717) is 6.92 Å². The van der Waals surface area contributed by atoms with Crippen LogP contribution in [0.3, 0.4) is 0 Å². The van der Waals surface area contributed by atoms with Gasteiger partial charge in [-0.2, -0.15) is 79.6 Å². The summed E-state index contributed by atoms with van der Waals surface area (Å²) in [6.07, 6.45) is -38.3. The molecule has 0 bridgehead atoms. The Morgan fingerprint density at radius 1 is 0.686 bits per heavy atom. The van der Waals surface area contributed by atoms with Crippen LogP contribution in [0, 0.1) is 6.92 Å². The van der Waals surface area contributed by atoms with Crippen molar-refractivity contribution in [2.45, 2.75) is 55.3 Å². The molecule has 0 aliphatic rings. The smallest absolute Gasteiger partial charge is 0.310 e. The number of aromatic nitrogens is 2. The summed E-state index contributed by atoms with van der Waals surface area (Å²) < 4.78 is 226. The first kappa shape index (κ1) is 30.6. The number of halogens is 17. The van der Waals surface area contributed by atoms with Gasteiger partial charge in [-0.3, -0.25) is 9.47 Å². The van der Waals surface area contributed by atoms with Gasteiger partial charge in [0.15, 0.2) is 0 Å². The minimum atomic E-state index is -8.00. The molecule has 2 unspecified atom stereocenters. The maximum Gasteiger partial charge on any atom is 0.462 e. The van der Waals surface area contributed by atoms with E-state index in [0.717, 1.165) is 0 Å². The monoisotopic (exact) mass is 560 g/mol. The molecule has 1 heterocycles. The molecule has 204 valence electrons. The Labute approximate surface area is 178 Å². The Morgan fingerprint density at radius 2 is 1.14 bits per heavy atom. The van der Waals surface area contributed by atoms with Crippen molar-refractivity contribution in [2.24, 2.45) is 0 Å². The molecule has 1 N–H and O–H groups in total. The highest BCUT2D eigenvalue weighted by Crippen LogP contribution is 2.57. The van der Waals surface area contributed by atoms with E-state index in [9.17, 15) is 79.4 Å². The minimum Gasteiger partial charge on any atom is -0.310 e. The van der Waals surface area contributed by atoms with Crippen LogP contribution < -0.4 is 5.69 Å². The van der Waals surface area contributed by atoms with E-state index < -0.39 is 65.5 Å². The van der Waals surface area contributed by atoms with E-state index in [1.165, 1.54) is 9.72 Å². The average molecular weight is 560 g/mol. The fourth-order valence-corrected chi connectivity index (χ4v) is 1.93. The fourth-order valence-electron chi connectivity index (χ4n) is 1.93. The van der Waals surface area contributed by atoms with E-state index in [1.54, 1.807) is 0 Å². The standard InChI is InChI=1S/C13H5F17N2O3/c1-3-2-4(32-5(33)31-3)6(14,9(18,19)20)34-13(29,30)8(17,11(24,25)26)35-12(27,28)7(15,16)10(21,22)23/h2H,1H3,(H,31,32,33). The van der Waals surface area contributed by atoms with Crippen molar-refractivity contribution >= 4 is 0 Å². The first-order valence-corrected chi connectivity index (χ1v) is 7.76. The molecule has 5 nitrogen and oxygen atoms in total. The van der Waals surface area contributed by atoms with Gasteiger partial charge in [-0.25, -0.2) is 4.79 Å². The predicted octanol–water partition coefficient (Wildman–Crippen LogP) is 5.41. The zero-order valence-electron chi connectivity index (χ0n) is 15.7. The summed E-state index contributed by atoms with van der Waals surface area (Å²) in [6, 6.07) is -0.328. The molecule has 35 heavy (non-hydrogen) atoms. The fraction of sp³-hybridized carbons (Fsp3) is 0.692. The molecule has 1 aromatic rings. The largest absolute Gasteiger partial charge is 0.462 e. The molecule has 0 amide bonds. The number of ether oxygens (including phenoxy) is 2. The molecular formula is C13H5F17N2O3. The van der Waals surface area contributed by atoms with Crippen molar-refractivity contribution < 1.29 is 84.1 Å². The van der Waals surface area contributed by atoms with E-state index in [1.807, 2.05) is 0 Å². The third kappa shape index (κ3) is 5.26. The van der Waals surface area contributed by atoms with Gasteiger partial charge in [0.1, 0.15) is 5.69 Å². The lowest BCUT2D eigenvalue weighted by molar-refractivity contribution is -0.554. The second-order valence-corrected chi connectivity index (χ2v) is 6.25. The predicted molar refractivity (Wildman–Crippen MR) is 71.4 cm³/mol. The van der Waals surface area contributed by atoms with Gasteiger partial charge in [0.05, 0.1) is 0 Å². The zero-order chi connectivity index (χ0) is 28.3. The van der Waals surface area contributed by atoms with Crippen LogP contribution in [-0.2, 0) is 15.3 Å². The van der Waals surface area contributed by atoms with Crippen LogP contribution in [0.4, 0.5) is 74.6 Å². The van der Waals surface area contributed by atoms with Gasteiger partial charge in [0.2, 0.25) is 0 Å².